The molecular formula is C40H48O12. The molecule has 12 heteroatoms. The zero-order valence-electron chi connectivity index (χ0n) is 30.6. The number of aliphatic hydroxyl groups excluding tert-OH is 1. The van der Waals surface area contributed by atoms with Crippen LogP contribution in [0.2, 0.25) is 0 Å². The van der Waals surface area contributed by atoms with Crippen molar-refractivity contribution in [1.82, 2.24) is 0 Å². The van der Waals surface area contributed by atoms with E-state index < -0.39 is 88.3 Å². The minimum atomic E-state index is -2.10. The number of Topliss-reactive ketones (excluding diaryl/α,β-unsaturated/α-hetero) is 1. The van der Waals surface area contributed by atoms with E-state index in [0.29, 0.717) is 16.7 Å². The Morgan fingerprint density at radius 1 is 0.962 bits per heavy atom. The highest BCUT2D eigenvalue weighted by Crippen LogP contribution is 2.64. The number of esters is 3. The van der Waals surface area contributed by atoms with E-state index in [9.17, 15) is 24.6 Å². The summed E-state index contributed by atoms with van der Waals surface area (Å²) >= 11 is 0. The molecule has 2 bridgehead atoms. The van der Waals surface area contributed by atoms with E-state index in [4.69, 9.17) is 28.4 Å². The van der Waals surface area contributed by atoms with Gasteiger partial charge in [-0.25, -0.2) is 9.59 Å². The normalized spacial score (nSPS) is 35.4. The molecule has 0 radical (unpaired) electrons. The average Bonchev–Trinajstić information content (AvgIpc) is 3.10. The van der Waals surface area contributed by atoms with Crippen LogP contribution in [0.4, 0.5) is 0 Å². The van der Waals surface area contributed by atoms with Crippen LogP contribution in [0.1, 0.15) is 63.4 Å². The molecule has 2 aromatic carbocycles. The van der Waals surface area contributed by atoms with Gasteiger partial charge < -0.3 is 38.6 Å². The highest BCUT2D eigenvalue weighted by Gasteiger charge is 2.78. The first-order valence-electron chi connectivity index (χ1n) is 17.6. The monoisotopic (exact) mass is 720 g/mol. The number of ketones is 1. The Morgan fingerprint density at radius 3 is 2.15 bits per heavy atom. The van der Waals surface area contributed by atoms with Gasteiger partial charge in [-0.15, -0.1) is 0 Å². The van der Waals surface area contributed by atoms with E-state index in [2.05, 4.69) is 0 Å². The Hall–Kier alpha value is -3.94. The van der Waals surface area contributed by atoms with Crippen molar-refractivity contribution in [2.24, 2.45) is 16.7 Å². The van der Waals surface area contributed by atoms with Crippen LogP contribution >= 0.6 is 0 Å². The zero-order valence-corrected chi connectivity index (χ0v) is 30.6. The number of ether oxygens (including phenoxy) is 6. The number of carbonyl (C=O) groups is 4. The maximum Gasteiger partial charge on any atom is 0.338 e. The third-order valence-electron chi connectivity index (χ3n) is 12.2. The predicted molar refractivity (Wildman–Crippen MR) is 185 cm³/mol. The van der Waals surface area contributed by atoms with Crippen LogP contribution in [-0.2, 0) is 49.2 Å². The quantitative estimate of drug-likeness (QED) is 0.220. The van der Waals surface area contributed by atoms with Crippen LogP contribution in [0.5, 0.6) is 0 Å². The number of rotatable bonds is 9. The summed E-state index contributed by atoms with van der Waals surface area (Å²) in [5.74, 6) is -4.06. The molecular weight excluding hydrogens is 672 g/mol. The van der Waals surface area contributed by atoms with Crippen LogP contribution in [0, 0.1) is 16.7 Å². The first-order valence-corrected chi connectivity index (χ1v) is 17.6. The molecule has 1 aliphatic heterocycles. The minimum absolute atomic E-state index is 0.0145. The molecule has 2 unspecified atom stereocenters. The van der Waals surface area contributed by atoms with Crippen LogP contribution in [-0.4, -0.2) is 103 Å². The predicted octanol–water partition coefficient (Wildman–Crippen LogP) is 3.54. The summed E-state index contributed by atoms with van der Waals surface area (Å²) in [5.41, 5.74) is -4.90. The molecule has 12 nitrogen and oxygen atoms in total. The average molecular weight is 721 g/mol. The first-order chi connectivity index (χ1) is 24.6. The Morgan fingerprint density at radius 2 is 1.60 bits per heavy atom. The largest absolute Gasteiger partial charge is 0.456 e. The summed E-state index contributed by atoms with van der Waals surface area (Å²) in [4.78, 5) is 55.9. The lowest BCUT2D eigenvalue weighted by atomic mass is 9.44. The molecule has 6 rings (SSSR count). The van der Waals surface area contributed by atoms with Crippen molar-refractivity contribution in [3.63, 3.8) is 0 Å². The smallest absolute Gasteiger partial charge is 0.338 e. The van der Waals surface area contributed by atoms with E-state index in [1.165, 1.54) is 21.1 Å². The van der Waals surface area contributed by atoms with E-state index in [1.54, 1.807) is 82.3 Å². The highest BCUT2D eigenvalue weighted by atomic mass is 16.6. The molecule has 0 aromatic heterocycles. The molecule has 0 spiro atoms. The SMILES string of the molecule is CO[C@H]1C(=O)[C@@]2(C)C([C@H](OC(=O)c3ccccc3)[C@]3(O)C[C@H](OC(=O)[C@H](O)Cc4ccccc4)C(C)=C1C3(C)C)[C@]1(OC(C)=O)COC1C[C@@H]2OC. The van der Waals surface area contributed by atoms with E-state index in [0.717, 1.165) is 0 Å². The molecule has 2 N–H and O–H groups in total. The summed E-state index contributed by atoms with van der Waals surface area (Å²) in [6.45, 7) is 7.94. The maximum absolute atomic E-state index is 15.3. The van der Waals surface area contributed by atoms with Gasteiger partial charge in [0.05, 0.1) is 29.6 Å². The lowest BCUT2D eigenvalue weighted by Crippen LogP contribution is -2.82. The molecule has 2 saturated carbocycles. The number of methoxy groups -OCH3 is 2. The van der Waals surface area contributed by atoms with Gasteiger partial charge in [-0.05, 0) is 42.7 Å². The Labute approximate surface area is 303 Å². The van der Waals surface area contributed by atoms with Crippen molar-refractivity contribution >= 4 is 23.7 Å². The standard InChI is InChI=1S/C40H48O12/c1-22-27(50-36(45)26(42)18-24-14-10-8-11-15-24)20-40(46)34(51-35(44)25-16-12-9-13-17-25)32-38(5,33(43)31(48-7)30(22)37(40,3)4)28(47-6)19-29-39(32,21-49-29)52-23(2)41/h8-17,26-29,31-32,34,42,46H,18-21H2,1-7H3/t26-,27+,28+,29?,31-,32?,34+,38-,39+,40-/m1/s1. The molecule has 52 heavy (non-hydrogen) atoms. The Bertz CT molecular complexity index is 1740. The van der Waals surface area contributed by atoms with Crippen LogP contribution < -0.4 is 0 Å². The second-order valence-corrected chi connectivity index (χ2v) is 15.2. The third-order valence-corrected chi connectivity index (χ3v) is 12.2. The minimum Gasteiger partial charge on any atom is -0.456 e. The lowest BCUT2D eigenvalue weighted by molar-refractivity contribution is -0.347. The number of hydrogen-bond donors (Lipinski definition) is 2. The number of benzene rings is 2. The summed E-state index contributed by atoms with van der Waals surface area (Å²) in [6, 6.07) is 17.2. The fourth-order valence-electron chi connectivity index (χ4n) is 9.42. The van der Waals surface area contributed by atoms with Crippen molar-refractivity contribution in [3.8, 4) is 0 Å². The van der Waals surface area contributed by atoms with E-state index >= 15 is 4.79 Å². The third kappa shape index (κ3) is 5.79. The topological polar surface area (TPSA) is 164 Å². The van der Waals surface area contributed by atoms with Crippen LogP contribution in [0.15, 0.2) is 71.8 Å². The van der Waals surface area contributed by atoms with Gasteiger partial charge in [0.1, 0.15) is 30.0 Å². The second kappa shape index (κ2) is 13.8. The lowest BCUT2D eigenvalue weighted by Gasteiger charge is -2.67. The first kappa shape index (κ1) is 37.8. The van der Waals surface area contributed by atoms with Gasteiger partial charge in [-0.2, -0.15) is 0 Å². The maximum atomic E-state index is 15.3. The molecule has 1 saturated heterocycles. The summed E-state index contributed by atoms with van der Waals surface area (Å²) < 4.78 is 36.6. The van der Waals surface area contributed by atoms with Gasteiger partial charge >= 0.3 is 17.9 Å². The summed E-state index contributed by atoms with van der Waals surface area (Å²) in [6.07, 6.45) is -7.34. The van der Waals surface area contributed by atoms with Crippen molar-refractivity contribution in [1.29, 1.82) is 0 Å². The van der Waals surface area contributed by atoms with Gasteiger partial charge in [-0.1, -0.05) is 62.4 Å². The van der Waals surface area contributed by atoms with Crippen LogP contribution in [0.25, 0.3) is 0 Å². The fraction of sp³-hybridized carbons (Fsp3) is 0.550. The van der Waals surface area contributed by atoms with Crippen molar-refractivity contribution < 1.29 is 57.8 Å². The number of hydrogen-bond acceptors (Lipinski definition) is 12. The van der Waals surface area contributed by atoms with E-state index in [1.807, 2.05) is 6.07 Å². The van der Waals surface area contributed by atoms with Gasteiger partial charge in [0.25, 0.3) is 0 Å². The molecule has 2 aromatic rings. The molecule has 10 atom stereocenters. The van der Waals surface area contributed by atoms with Crippen molar-refractivity contribution in [2.75, 3.05) is 20.8 Å². The van der Waals surface area contributed by atoms with Crippen molar-refractivity contribution in [3.05, 3.63) is 82.9 Å². The second-order valence-electron chi connectivity index (χ2n) is 15.2. The van der Waals surface area contributed by atoms with Crippen molar-refractivity contribution in [2.45, 2.75) is 102 Å². The number of fused-ring (bicyclic) bond motifs is 5. The highest BCUT2D eigenvalue weighted by molar-refractivity contribution is 5.94. The van der Waals surface area contributed by atoms with E-state index in [-0.39, 0.29) is 31.4 Å². The number of aliphatic hydroxyl groups is 2. The Balaban J connectivity index is 1.56. The fourth-order valence-corrected chi connectivity index (χ4v) is 9.42. The van der Waals surface area contributed by atoms with Gasteiger partial charge in [0.15, 0.2) is 17.5 Å². The molecule has 3 aliphatic carbocycles. The van der Waals surface area contributed by atoms with Gasteiger partial charge in [0, 0.05) is 45.8 Å². The molecule has 0 amide bonds. The zero-order chi connectivity index (χ0) is 37.8. The van der Waals surface area contributed by atoms with Crippen LogP contribution in [0.3, 0.4) is 0 Å². The van der Waals surface area contributed by atoms with Gasteiger partial charge in [-0.3, -0.25) is 9.59 Å². The number of carbonyl (C=O) groups excluding carboxylic acids is 4. The molecule has 3 fully saturated rings. The molecule has 1 heterocycles. The Kier molecular flexibility index (Phi) is 10.0. The summed E-state index contributed by atoms with van der Waals surface area (Å²) in [5, 5.41) is 24.5. The molecule has 4 aliphatic rings. The van der Waals surface area contributed by atoms with Gasteiger partial charge in [0.2, 0.25) is 0 Å². The molecule has 280 valence electrons. The summed E-state index contributed by atoms with van der Waals surface area (Å²) in [7, 11) is 2.84.